The smallest absolute Gasteiger partial charge is 0.269 e. The van der Waals surface area contributed by atoms with E-state index in [1.54, 1.807) is 19.1 Å². The van der Waals surface area contributed by atoms with E-state index in [0.717, 1.165) is 34.6 Å². The molecule has 278 valence electrons. The van der Waals surface area contributed by atoms with Gasteiger partial charge in [-0.1, -0.05) is 0 Å². The van der Waals surface area contributed by atoms with Gasteiger partial charge in [0.05, 0.1) is 48.0 Å². The Morgan fingerprint density at radius 3 is 1.41 bits per heavy atom. The van der Waals surface area contributed by atoms with Gasteiger partial charge in [-0.05, 0) is 67.8 Å². The van der Waals surface area contributed by atoms with Crippen LogP contribution in [0.4, 0.5) is 32.8 Å². The molecule has 12 N–H and O–H groups in total. The number of nitrogen functional groups attached to an aromatic ring is 1. The fourth-order valence-corrected chi connectivity index (χ4v) is 3.25. The molecule has 0 heterocycles. The number of benzene rings is 3. The predicted octanol–water partition coefficient (Wildman–Crippen LogP) is 2.19. The first-order chi connectivity index (χ1) is 22.1. The van der Waals surface area contributed by atoms with Crippen LogP contribution in [0.15, 0.2) is 54.6 Å². The highest BCUT2D eigenvalue weighted by Crippen LogP contribution is 2.21. The van der Waals surface area contributed by atoms with Gasteiger partial charge in [-0.25, -0.2) is 4.39 Å². The quantitative estimate of drug-likeness (QED) is 0.0724. The first kappa shape index (κ1) is 49.5. The lowest BCUT2D eigenvalue weighted by atomic mass is 10.1. The van der Waals surface area contributed by atoms with E-state index in [2.05, 4.69) is 10.6 Å². The maximum Gasteiger partial charge on any atom is 0.269 e. The minimum absolute atomic E-state index is 0. The molecule has 0 aliphatic heterocycles. The number of aliphatic hydroxyl groups is 6. The minimum atomic E-state index is -0.838. The zero-order valence-corrected chi connectivity index (χ0v) is 28.9. The average Bonchev–Trinajstić information content (AvgIpc) is 3.04. The molecule has 0 saturated heterocycles. The van der Waals surface area contributed by atoms with Gasteiger partial charge in [0.2, 0.25) is 0 Å². The highest BCUT2D eigenvalue weighted by molar-refractivity contribution is 5.85. The number of nitro groups is 2. The van der Waals surface area contributed by atoms with Gasteiger partial charge < -0.3 is 52.7 Å². The van der Waals surface area contributed by atoms with Gasteiger partial charge in [-0.3, -0.25) is 20.2 Å². The maximum absolute atomic E-state index is 12.5. The van der Waals surface area contributed by atoms with Crippen molar-refractivity contribution in [1.82, 2.24) is 0 Å². The highest BCUT2D eigenvalue weighted by atomic mass is 35.5. The number of rotatable bonds is 12. The molecule has 0 aromatic heterocycles. The molecule has 0 aliphatic carbocycles. The van der Waals surface area contributed by atoms with Gasteiger partial charge in [-0.15, -0.1) is 24.8 Å². The number of nitrogens with one attached hydrogen (secondary N) is 2. The molecule has 0 amide bonds. The van der Waals surface area contributed by atoms with E-state index >= 15 is 0 Å². The van der Waals surface area contributed by atoms with Crippen LogP contribution in [-0.4, -0.2) is 98.3 Å². The topological polar surface area (TPSA) is 284 Å². The number of hydrogen-bond acceptors (Lipinski definition) is 14. The van der Waals surface area contributed by atoms with Crippen molar-refractivity contribution in [3.8, 4) is 0 Å². The first-order valence-electron chi connectivity index (χ1n) is 14.2. The fourth-order valence-electron chi connectivity index (χ4n) is 3.25. The van der Waals surface area contributed by atoms with E-state index in [1.165, 1.54) is 25.1 Å². The van der Waals surface area contributed by atoms with E-state index in [4.69, 9.17) is 42.1 Å². The molecule has 0 saturated carbocycles. The normalized spacial score (nSPS) is 11.5. The molecule has 0 aliphatic rings. The Bertz CT molecular complexity index is 1390. The van der Waals surface area contributed by atoms with Crippen molar-refractivity contribution in [1.29, 1.82) is 0 Å². The van der Waals surface area contributed by atoms with E-state index in [1.807, 2.05) is 19.1 Å². The Morgan fingerprint density at radius 1 is 0.694 bits per heavy atom. The van der Waals surface area contributed by atoms with Crippen molar-refractivity contribution in [2.75, 3.05) is 55.8 Å². The van der Waals surface area contributed by atoms with Gasteiger partial charge in [0.25, 0.3) is 11.4 Å². The summed E-state index contributed by atoms with van der Waals surface area (Å²) < 4.78 is 12.5. The molecule has 3 rings (SSSR count). The van der Waals surface area contributed by atoms with Gasteiger partial charge in [-0.2, -0.15) is 0 Å². The third-order valence-corrected chi connectivity index (χ3v) is 5.98. The number of non-ortho nitro benzene ring substituents is 2. The molecule has 3 unspecified atom stereocenters. The third kappa shape index (κ3) is 20.9. The average molecular weight is 742 g/mol. The molecular weight excluding hydrogens is 694 g/mol. The summed E-state index contributed by atoms with van der Waals surface area (Å²) in [6.07, 6.45) is -2.30. The zero-order chi connectivity index (χ0) is 36.1. The Hall–Kier alpha value is -3.91. The number of aryl methyl sites for hydroxylation is 3. The van der Waals surface area contributed by atoms with Crippen molar-refractivity contribution >= 4 is 53.3 Å². The molecule has 16 nitrogen and oxygen atoms in total. The van der Waals surface area contributed by atoms with Gasteiger partial charge in [0, 0.05) is 61.0 Å². The number of anilines is 3. The van der Waals surface area contributed by atoms with Crippen molar-refractivity contribution in [2.24, 2.45) is 5.73 Å². The van der Waals surface area contributed by atoms with E-state index in [-0.39, 0.29) is 69.1 Å². The first-order valence-corrected chi connectivity index (χ1v) is 14.2. The van der Waals surface area contributed by atoms with Crippen molar-refractivity contribution in [2.45, 2.75) is 39.1 Å². The molecule has 0 spiro atoms. The molecule has 0 radical (unpaired) electrons. The van der Waals surface area contributed by atoms with E-state index in [9.17, 15) is 24.6 Å². The molecular formula is C30H47Cl2FN6O10. The van der Waals surface area contributed by atoms with E-state index in [0.29, 0.717) is 17.8 Å². The number of halogens is 3. The highest BCUT2D eigenvalue weighted by Gasteiger charge is 2.09. The zero-order valence-electron chi connectivity index (χ0n) is 27.2. The summed E-state index contributed by atoms with van der Waals surface area (Å²) in [5.74, 6) is -0.421. The minimum Gasteiger partial charge on any atom is -0.399 e. The number of nitro benzene ring substituents is 2. The lowest BCUT2D eigenvalue weighted by molar-refractivity contribution is -0.385. The summed E-state index contributed by atoms with van der Waals surface area (Å²) in [7, 11) is 0. The third-order valence-electron chi connectivity index (χ3n) is 5.98. The van der Waals surface area contributed by atoms with Gasteiger partial charge in [0.1, 0.15) is 5.82 Å². The van der Waals surface area contributed by atoms with Crippen LogP contribution in [0.2, 0.25) is 0 Å². The standard InChI is InChI=1S/C10H14N2O4.C10H16N2O2.C7H6FNO2.C3H9NO2.2ClH/c1-7-4-8(12(15)16)2-3-10(7)11-5-9(14)6-13;1-7-4-8(11)2-3-10(7)12-5-9(14)6-13;1-5-4-6(9(10)11)2-3-7(5)8;4-1-3(6)2-5;;/h2-4,9,11,13-14H,5-6H2,1H3;2-4,9,12-14H,5-6,11H2,1H3;2-4H,1H3;3,5-6H,1-2,4H2;2*1H. The largest absolute Gasteiger partial charge is 0.399 e. The summed E-state index contributed by atoms with van der Waals surface area (Å²) in [6, 6.07) is 13.4. The Morgan fingerprint density at radius 2 is 1.08 bits per heavy atom. The molecule has 19 heteroatoms. The number of hydrogen-bond donors (Lipinski definition) is 10. The van der Waals surface area contributed by atoms with Crippen LogP contribution in [0.25, 0.3) is 0 Å². The molecule has 49 heavy (non-hydrogen) atoms. The molecule has 3 aromatic rings. The van der Waals surface area contributed by atoms with Crippen molar-refractivity contribution in [3.63, 3.8) is 0 Å². The summed E-state index contributed by atoms with van der Waals surface area (Å²) in [5.41, 5.74) is 14.8. The number of aliphatic hydroxyl groups excluding tert-OH is 6. The van der Waals surface area contributed by atoms with Crippen LogP contribution in [0.1, 0.15) is 16.7 Å². The summed E-state index contributed by atoms with van der Waals surface area (Å²) in [6.45, 7) is 5.04. The SMILES string of the molecule is Cc1cc(N)ccc1NCC(O)CO.Cc1cc([N+](=O)[O-])ccc1F.Cc1cc([N+](=O)[O-])ccc1NCC(O)CO.Cl.Cl.NCC(O)CO. The summed E-state index contributed by atoms with van der Waals surface area (Å²) >= 11 is 0. The monoisotopic (exact) mass is 740 g/mol. The lowest BCUT2D eigenvalue weighted by Gasteiger charge is -2.12. The van der Waals surface area contributed by atoms with Crippen LogP contribution < -0.4 is 22.1 Å². The van der Waals surface area contributed by atoms with Crippen LogP contribution in [0.5, 0.6) is 0 Å². The summed E-state index contributed by atoms with van der Waals surface area (Å²) in [4.78, 5) is 19.6. The van der Waals surface area contributed by atoms with Crippen LogP contribution in [-0.2, 0) is 0 Å². The van der Waals surface area contributed by atoms with E-state index < -0.39 is 34.0 Å². The Balaban J connectivity index is -0.000000594. The molecule has 3 atom stereocenters. The van der Waals surface area contributed by atoms with Crippen molar-refractivity contribution in [3.05, 3.63) is 97.3 Å². The maximum atomic E-state index is 12.5. The second-order valence-corrected chi connectivity index (χ2v) is 10.0. The second-order valence-electron chi connectivity index (χ2n) is 10.0. The fraction of sp³-hybridized carbons (Fsp3) is 0.400. The number of nitrogens with two attached hydrogens (primary N) is 2. The molecule has 3 aromatic carbocycles. The van der Waals surface area contributed by atoms with Crippen LogP contribution >= 0.6 is 24.8 Å². The Kier molecular flexibility index (Phi) is 27.2. The Labute approximate surface area is 295 Å². The van der Waals surface area contributed by atoms with Gasteiger partial charge >= 0.3 is 0 Å². The lowest BCUT2D eigenvalue weighted by Crippen LogP contribution is -2.23. The van der Waals surface area contributed by atoms with Crippen LogP contribution in [0, 0.1) is 46.8 Å². The van der Waals surface area contributed by atoms with Crippen LogP contribution in [0.3, 0.4) is 0 Å². The van der Waals surface area contributed by atoms with Gasteiger partial charge in [0.15, 0.2) is 0 Å². The predicted molar refractivity (Wildman–Crippen MR) is 191 cm³/mol. The second kappa shape index (κ2) is 27.0. The molecule has 0 fully saturated rings. The summed E-state index contributed by atoms with van der Waals surface area (Å²) in [5, 5.41) is 78.4. The number of nitrogens with zero attached hydrogens (tertiary/aromatic N) is 2. The molecule has 0 bridgehead atoms. The van der Waals surface area contributed by atoms with Crippen molar-refractivity contribution < 1.29 is 44.9 Å².